The van der Waals surface area contributed by atoms with Crippen LogP contribution in [-0.2, 0) is 15.3 Å². The van der Waals surface area contributed by atoms with Crippen LogP contribution in [0.1, 0.15) is 22.7 Å². The Kier molecular flexibility index (Phi) is 6.82. The van der Waals surface area contributed by atoms with Crippen molar-refractivity contribution in [1.29, 1.82) is 0 Å². The predicted octanol–water partition coefficient (Wildman–Crippen LogP) is 5.64. The van der Waals surface area contributed by atoms with Gasteiger partial charge < -0.3 is 5.11 Å². The van der Waals surface area contributed by atoms with Gasteiger partial charge in [-0.3, -0.25) is 19.5 Å². The number of nitrogens with zero attached hydrogens (tertiary/aromatic N) is 4. The van der Waals surface area contributed by atoms with Crippen molar-refractivity contribution in [2.75, 3.05) is 4.90 Å². The highest BCUT2D eigenvalue weighted by molar-refractivity contribution is 8.00. The standard InChI is InChI=1S/C25H16ClFN4O3S2/c26-18-4-2-1-3-16(18)13-35-25-30-29-24(36-25)31-20(14-9-11-28-12-10-14)19(22(33)23(31)34)21(32)15-5-7-17(27)8-6-15/h1-12,20,32H,13H2/b21-19-. The van der Waals surface area contributed by atoms with Crippen molar-refractivity contribution in [3.63, 3.8) is 0 Å². The summed E-state index contributed by atoms with van der Waals surface area (Å²) in [5.74, 6) is -2.08. The van der Waals surface area contributed by atoms with Gasteiger partial charge in [-0.25, -0.2) is 4.39 Å². The molecule has 1 unspecified atom stereocenters. The minimum Gasteiger partial charge on any atom is -0.507 e. The van der Waals surface area contributed by atoms with Gasteiger partial charge in [0.15, 0.2) is 4.34 Å². The molecular weight excluding hydrogens is 523 g/mol. The van der Waals surface area contributed by atoms with Gasteiger partial charge in [-0.15, -0.1) is 10.2 Å². The second-order valence-corrected chi connectivity index (χ2v) is 10.3. The van der Waals surface area contributed by atoms with Crippen LogP contribution in [0.3, 0.4) is 0 Å². The van der Waals surface area contributed by atoms with E-state index in [4.69, 9.17) is 11.6 Å². The molecule has 1 aliphatic rings. The van der Waals surface area contributed by atoms with E-state index in [1.807, 2.05) is 18.2 Å². The summed E-state index contributed by atoms with van der Waals surface area (Å²) in [5, 5.41) is 20.2. The summed E-state index contributed by atoms with van der Waals surface area (Å²) in [6.45, 7) is 0. The summed E-state index contributed by atoms with van der Waals surface area (Å²) in [6, 6.07) is 14.8. The zero-order chi connectivity index (χ0) is 25.2. The number of thioether (sulfide) groups is 1. The van der Waals surface area contributed by atoms with E-state index < -0.39 is 29.3 Å². The third-order valence-corrected chi connectivity index (χ3v) is 7.97. The number of ketones is 1. The molecule has 11 heteroatoms. The third-order valence-electron chi connectivity index (χ3n) is 5.49. The van der Waals surface area contributed by atoms with Gasteiger partial charge in [0.25, 0.3) is 5.78 Å². The van der Waals surface area contributed by atoms with Crippen molar-refractivity contribution in [2.24, 2.45) is 0 Å². The van der Waals surface area contributed by atoms with Gasteiger partial charge in [0.1, 0.15) is 11.6 Å². The average molecular weight is 539 g/mol. The van der Waals surface area contributed by atoms with E-state index in [2.05, 4.69) is 15.2 Å². The molecule has 1 saturated heterocycles. The van der Waals surface area contributed by atoms with E-state index in [0.29, 0.717) is 20.7 Å². The van der Waals surface area contributed by atoms with Gasteiger partial charge in [0, 0.05) is 28.7 Å². The number of amides is 1. The Morgan fingerprint density at radius 2 is 1.78 bits per heavy atom. The number of anilines is 1. The fourth-order valence-corrected chi connectivity index (χ4v) is 5.92. The number of rotatable bonds is 6. The van der Waals surface area contributed by atoms with Gasteiger partial charge in [-0.05, 0) is 53.6 Å². The number of carbonyl (C=O) groups excluding carboxylic acids is 2. The first kappa shape index (κ1) is 24.1. The Morgan fingerprint density at radius 3 is 2.50 bits per heavy atom. The molecule has 0 spiro atoms. The van der Waals surface area contributed by atoms with E-state index in [0.717, 1.165) is 16.9 Å². The number of pyridine rings is 1. The Morgan fingerprint density at radius 1 is 1.06 bits per heavy atom. The van der Waals surface area contributed by atoms with Crippen LogP contribution in [0.4, 0.5) is 9.52 Å². The first-order chi connectivity index (χ1) is 17.4. The normalized spacial score (nSPS) is 17.1. The number of benzene rings is 2. The Hall–Kier alpha value is -3.60. The SMILES string of the molecule is O=C1C(=O)N(c2nnc(SCc3ccccc3Cl)s2)C(c2ccncc2)/C1=C(/O)c1ccc(F)cc1. The van der Waals surface area contributed by atoms with Gasteiger partial charge in [0.05, 0.1) is 11.6 Å². The van der Waals surface area contributed by atoms with Crippen LogP contribution in [0.2, 0.25) is 5.02 Å². The van der Waals surface area contributed by atoms with Crippen LogP contribution in [-0.4, -0.2) is 32.0 Å². The highest BCUT2D eigenvalue weighted by Crippen LogP contribution is 2.44. The van der Waals surface area contributed by atoms with Crippen molar-refractivity contribution in [2.45, 2.75) is 16.1 Å². The number of halogens is 2. The quantitative estimate of drug-likeness (QED) is 0.111. The van der Waals surface area contributed by atoms with Crippen LogP contribution in [0.25, 0.3) is 5.76 Å². The molecule has 0 bridgehead atoms. The smallest absolute Gasteiger partial charge is 0.301 e. The molecule has 1 atom stereocenters. The molecular formula is C25H16ClFN4O3S2. The van der Waals surface area contributed by atoms with Gasteiger partial charge in [0.2, 0.25) is 5.13 Å². The molecule has 0 aliphatic carbocycles. The largest absolute Gasteiger partial charge is 0.507 e. The number of carbonyl (C=O) groups is 2. The number of aliphatic hydroxyl groups excluding tert-OH is 1. The molecule has 1 fully saturated rings. The molecule has 2 aromatic carbocycles. The van der Waals surface area contributed by atoms with Gasteiger partial charge in [-0.2, -0.15) is 0 Å². The Balaban J connectivity index is 1.53. The first-order valence-corrected chi connectivity index (χ1v) is 12.8. The zero-order valence-corrected chi connectivity index (χ0v) is 20.7. The lowest BCUT2D eigenvalue weighted by molar-refractivity contribution is -0.132. The predicted molar refractivity (Wildman–Crippen MR) is 136 cm³/mol. The van der Waals surface area contributed by atoms with Crippen molar-refractivity contribution in [3.05, 3.63) is 106 Å². The van der Waals surface area contributed by atoms with Gasteiger partial charge in [-0.1, -0.05) is 52.9 Å². The summed E-state index contributed by atoms with van der Waals surface area (Å²) in [4.78, 5) is 31.6. The Labute approximate surface area is 218 Å². The summed E-state index contributed by atoms with van der Waals surface area (Å²) < 4.78 is 14.0. The van der Waals surface area contributed by atoms with Crippen LogP contribution in [0.15, 0.2) is 83.0 Å². The maximum Gasteiger partial charge on any atom is 0.301 e. The maximum atomic E-state index is 13.4. The first-order valence-electron chi connectivity index (χ1n) is 10.6. The summed E-state index contributed by atoms with van der Waals surface area (Å²) in [7, 11) is 0. The fourth-order valence-electron chi connectivity index (χ4n) is 3.77. The van der Waals surface area contributed by atoms with Crippen LogP contribution >= 0.6 is 34.7 Å². The lowest BCUT2D eigenvalue weighted by atomic mass is 9.96. The lowest BCUT2D eigenvalue weighted by Crippen LogP contribution is -2.29. The summed E-state index contributed by atoms with van der Waals surface area (Å²) >= 11 is 8.79. The molecule has 7 nitrogen and oxygen atoms in total. The molecule has 3 heterocycles. The van der Waals surface area contributed by atoms with Crippen molar-refractivity contribution in [1.82, 2.24) is 15.2 Å². The summed E-state index contributed by atoms with van der Waals surface area (Å²) in [6.07, 6.45) is 3.05. The van der Waals surface area contributed by atoms with Crippen LogP contribution in [0.5, 0.6) is 0 Å². The van der Waals surface area contributed by atoms with Crippen molar-refractivity contribution in [3.8, 4) is 0 Å². The zero-order valence-electron chi connectivity index (χ0n) is 18.3. The second kappa shape index (κ2) is 10.2. The number of aliphatic hydroxyl groups is 1. The molecule has 0 radical (unpaired) electrons. The monoisotopic (exact) mass is 538 g/mol. The molecule has 5 rings (SSSR count). The molecule has 36 heavy (non-hydrogen) atoms. The topological polar surface area (TPSA) is 96.3 Å². The number of aromatic nitrogens is 3. The highest BCUT2D eigenvalue weighted by atomic mass is 35.5. The molecule has 1 amide bonds. The third kappa shape index (κ3) is 4.62. The average Bonchev–Trinajstić information content (AvgIpc) is 3.46. The minimum atomic E-state index is -0.965. The number of Topliss-reactive ketones (excluding diaryl/α,β-unsaturated/α-hetero) is 1. The lowest BCUT2D eigenvalue weighted by Gasteiger charge is -2.22. The highest BCUT2D eigenvalue weighted by Gasteiger charge is 2.48. The van der Waals surface area contributed by atoms with E-state index in [-0.39, 0.29) is 16.3 Å². The van der Waals surface area contributed by atoms with E-state index in [9.17, 15) is 19.1 Å². The Bertz CT molecular complexity index is 1480. The van der Waals surface area contributed by atoms with E-state index in [1.165, 1.54) is 53.3 Å². The number of hydrogen-bond acceptors (Lipinski definition) is 8. The summed E-state index contributed by atoms with van der Waals surface area (Å²) in [5.41, 5.74) is 1.56. The second-order valence-electron chi connectivity index (χ2n) is 7.69. The molecule has 1 aliphatic heterocycles. The van der Waals surface area contributed by atoms with Gasteiger partial charge >= 0.3 is 5.91 Å². The fraction of sp³-hybridized carbons (Fsp3) is 0.0800. The minimum absolute atomic E-state index is 0.127. The maximum absolute atomic E-state index is 13.4. The molecule has 180 valence electrons. The van der Waals surface area contributed by atoms with E-state index in [1.54, 1.807) is 18.2 Å². The molecule has 4 aromatic rings. The molecule has 0 saturated carbocycles. The van der Waals surface area contributed by atoms with E-state index >= 15 is 0 Å². The molecule has 2 aromatic heterocycles. The van der Waals surface area contributed by atoms with Crippen LogP contribution in [0, 0.1) is 5.82 Å². The van der Waals surface area contributed by atoms with Crippen molar-refractivity contribution >= 4 is 57.3 Å². The number of hydrogen-bond donors (Lipinski definition) is 1. The molecule has 1 N–H and O–H groups in total. The van der Waals surface area contributed by atoms with Crippen molar-refractivity contribution < 1.29 is 19.1 Å². The van der Waals surface area contributed by atoms with Crippen LogP contribution < -0.4 is 4.90 Å².